The lowest BCUT2D eigenvalue weighted by Crippen LogP contribution is -2.50. The van der Waals surface area contributed by atoms with E-state index in [9.17, 15) is 9.18 Å². The Kier molecular flexibility index (Phi) is 6.77. The van der Waals surface area contributed by atoms with Crippen molar-refractivity contribution in [3.05, 3.63) is 64.7 Å². The molecule has 1 amide bonds. The van der Waals surface area contributed by atoms with Gasteiger partial charge in [-0.3, -0.25) is 14.7 Å². The lowest BCUT2D eigenvalue weighted by atomic mass is 9.78. The zero-order valence-corrected chi connectivity index (χ0v) is 19.8. The van der Waals surface area contributed by atoms with Crippen molar-refractivity contribution < 1.29 is 9.18 Å². The Hall–Kier alpha value is -2.27. The van der Waals surface area contributed by atoms with E-state index in [4.69, 9.17) is 4.98 Å². The largest absolute Gasteiger partial charge is 0.335 e. The van der Waals surface area contributed by atoms with Gasteiger partial charge >= 0.3 is 0 Å². The van der Waals surface area contributed by atoms with Crippen LogP contribution >= 0.6 is 0 Å². The average Bonchev–Trinajstić information content (AvgIpc) is 2.84. The van der Waals surface area contributed by atoms with Crippen LogP contribution in [0.1, 0.15) is 84.6 Å². The Balaban J connectivity index is 1.30. The smallest absolute Gasteiger partial charge is 0.255 e. The number of aryl methyl sites for hydroxylation is 1. The highest BCUT2D eigenvalue weighted by Gasteiger charge is 2.37. The van der Waals surface area contributed by atoms with Crippen LogP contribution in [0.15, 0.2) is 36.4 Å². The van der Waals surface area contributed by atoms with Crippen molar-refractivity contribution in [3.63, 3.8) is 0 Å². The number of halogens is 1. The number of hydrogen-bond acceptors (Lipinski definition) is 3. The fraction of sp³-hybridized carbons (Fsp3) is 0.571. The minimum atomic E-state index is -0.174. The molecule has 176 valence electrons. The maximum atomic E-state index is 13.8. The molecule has 2 atom stereocenters. The van der Waals surface area contributed by atoms with E-state index in [-0.39, 0.29) is 11.7 Å². The Morgan fingerprint density at radius 1 is 1.00 bits per heavy atom. The Labute approximate surface area is 197 Å². The highest BCUT2D eigenvalue weighted by atomic mass is 19.1. The van der Waals surface area contributed by atoms with Crippen molar-refractivity contribution in [3.8, 4) is 0 Å². The molecule has 4 nitrogen and oxygen atoms in total. The van der Waals surface area contributed by atoms with Crippen LogP contribution < -0.4 is 0 Å². The maximum Gasteiger partial charge on any atom is 0.255 e. The number of benzene rings is 1. The van der Waals surface area contributed by atoms with Crippen LogP contribution in [0.4, 0.5) is 4.39 Å². The topological polar surface area (TPSA) is 36.4 Å². The lowest BCUT2D eigenvalue weighted by molar-refractivity contribution is 0.0388. The molecule has 1 aromatic heterocycles. The summed E-state index contributed by atoms with van der Waals surface area (Å²) in [6, 6.07) is 11.3. The summed E-state index contributed by atoms with van der Waals surface area (Å²) in [6.07, 6.45) is 9.36. The van der Waals surface area contributed by atoms with Gasteiger partial charge in [0.25, 0.3) is 5.91 Å². The van der Waals surface area contributed by atoms with Crippen molar-refractivity contribution >= 4 is 5.91 Å². The number of carbonyl (C=O) groups is 1. The number of carbonyl (C=O) groups excluding carboxylic acids is 1. The number of rotatable bonds is 4. The lowest BCUT2D eigenvalue weighted by Gasteiger charge is -2.44. The van der Waals surface area contributed by atoms with Gasteiger partial charge in [0.2, 0.25) is 0 Å². The second-order valence-electron chi connectivity index (χ2n) is 10.3. The molecule has 5 rings (SSSR count). The van der Waals surface area contributed by atoms with E-state index in [0.29, 0.717) is 17.9 Å². The predicted octanol–water partition coefficient (Wildman–Crippen LogP) is 5.70. The minimum Gasteiger partial charge on any atom is -0.335 e. The summed E-state index contributed by atoms with van der Waals surface area (Å²) in [5, 5.41) is 0. The van der Waals surface area contributed by atoms with E-state index in [1.807, 2.05) is 25.1 Å². The second-order valence-corrected chi connectivity index (χ2v) is 10.3. The van der Waals surface area contributed by atoms with Gasteiger partial charge in [0.1, 0.15) is 5.82 Å². The normalized spacial score (nSPS) is 24.5. The first kappa shape index (κ1) is 22.5. The van der Waals surface area contributed by atoms with Crippen LogP contribution in [0.2, 0.25) is 0 Å². The van der Waals surface area contributed by atoms with E-state index in [2.05, 4.69) is 9.80 Å². The number of aromatic nitrogens is 1. The highest BCUT2D eigenvalue weighted by Crippen LogP contribution is 2.37. The van der Waals surface area contributed by atoms with Crippen molar-refractivity contribution in [1.82, 2.24) is 14.8 Å². The van der Waals surface area contributed by atoms with Gasteiger partial charge in [-0.05, 0) is 94.3 Å². The fourth-order valence-corrected chi connectivity index (χ4v) is 6.36. The molecule has 3 heterocycles. The van der Waals surface area contributed by atoms with Crippen molar-refractivity contribution in [2.75, 3.05) is 19.6 Å². The second kappa shape index (κ2) is 9.92. The number of fused-ring (bicyclic) bond motifs is 1. The van der Waals surface area contributed by atoms with Gasteiger partial charge in [-0.1, -0.05) is 25.0 Å². The Bertz CT molecular complexity index is 983. The SMILES string of the molecule is Cc1ccc(C(=O)N2CCC[C@@H]3CCCC[C@@H]32)c(C2CCN(Cc3cccc(F)c3)CC2)n1. The first-order valence-corrected chi connectivity index (χ1v) is 12.8. The van der Waals surface area contributed by atoms with Crippen LogP contribution in [0, 0.1) is 18.7 Å². The molecule has 0 radical (unpaired) electrons. The van der Waals surface area contributed by atoms with Gasteiger partial charge in [-0.25, -0.2) is 4.39 Å². The van der Waals surface area contributed by atoms with Crippen molar-refractivity contribution in [1.29, 1.82) is 0 Å². The molecule has 3 fully saturated rings. The first-order valence-electron chi connectivity index (χ1n) is 12.8. The third-order valence-electron chi connectivity index (χ3n) is 8.07. The van der Waals surface area contributed by atoms with Crippen LogP contribution in [0.25, 0.3) is 0 Å². The third kappa shape index (κ3) is 4.98. The molecule has 5 heteroatoms. The Morgan fingerprint density at radius 3 is 2.61 bits per heavy atom. The number of amides is 1. The molecule has 0 spiro atoms. The van der Waals surface area contributed by atoms with E-state index in [0.717, 1.165) is 74.4 Å². The molecule has 1 saturated carbocycles. The zero-order valence-electron chi connectivity index (χ0n) is 19.8. The molecule has 2 aromatic rings. The summed E-state index contributed by atoms with van der Waals surface area (Å²) in [6.45, 7) is 5.57. The van der Waals surface area contributed by atoms with Crippen LogP contribution in [-0.2, 0) is 6.54 Å². The molecule has 33 heavy (non-hydrogen) atoms. The number of piperidine rings is 2. The van der Waals surface area contributed by atoms with Gasteiger partial charge in [0.15, 0.2) is 0 Å². The monoisotopic (exact) mass is 449 g/mol. The molecular formula is C28H36FN3O. The number of hydrogen-bond donors (Lipinski definition) is 0. The molecule has 2 saturated heterocycles. The van der Waals surface area contributed by atoms with Crippen LogP contribution in [-0.4, -0.2) is 46.4 Å². The summed E-state index contributed by atoms with van der Waals surface area (Å²) < 4.78 is 13.6. The fourth-order valence-electron chi connectivity index (χ4n) is 6.36. The van der Waals surface area contributed by atoms with E-state index >= 15 is 0 Å². The van der Waals surface area contributed by atoms with E-state index < -0.39 is 0 Å². The molecule has 0 bridgehead atoms. The molecule has 1 aromatic carbocycles. The molecule has 1 aliphatic carbocycles. The molecule has 2 aliphatic heterocycles. The summed E-state index contributed by atoms with van der Waals surface area (Å²) in [5.74, 6) is 1.02. The van der Waals surface area contributed by atoms with Crippen molar-refractivity contribution in [2.24, 2.45) is 5.92 Å². The maximum absolute atomic E-state index is 13.8. The minimum absolute atomic E-state index is 0.174. The number of likely N-dealkylation sites (tertiary alicyclic amines) is 2. The van der Waals surface area contributed by atoms with Gasteiger partial charge in [0, 0.05) is 30.7 Å². The van der Waals surface area contributed by atoms with Gasteiger partial charge in [0.05, 0.1) is 11.3 Å². The molecule has 0 N–H and O–H groups in total. The highest BCUT2D eigenvalue weighted by molar-refractivity contribution is 5.95. The number of pyridine rings is 1. The first-order chi connectivity index (χ1) is 16.1. The predicted molar refractivity (Wildman–Crippen MR) is 129 cm³/mol. The summed E-state index contributed by atoms with van der Waals surface area (Å²) in [5.41, 5.74) is 3.84. The zero-order chi connectivity index (χ0) is 22.8. The van der Waals surface area contributed by atoms with Gasteiger partial charge in [-0.15, -0.1) is 0 Å². The van der Waals surface area contributed by atoms with Crippen molar-refractivity contribution in [2.45, 2.75) is 76.8 Å². The summed E-state index contributed by atoms with van der Waals surface area (Å²) >= 11 is 0. The molecular weight excluding hydrogens is 413 g/mol. The molecule has 0 unspecified atom stereocenters. The number of nitrogens with zero attached hydrogens (tertiary/aromatic N) is 3. The van der Waals surface area contributed by atoms with Gasteiger partial charge < -0.3 is 4.90 Å². The van der Waals surface area contributed by atoms with Crippen LogP contribution in [0.3, 0.4) is 0 Å². The quantitative estimate of drug-likeness (QED) is 0.600. The summed E-state index contributed by atoms with van der Waals surface area (Å²) in [4.78, 5) is 23.3. The summed E-state index contributed by atoms with van der Waals surface area (Å²) in [7, 11) is 0. The average molecular weight is 450 g/mol. The third-order valence-corrected chi connectivity index (χ3v) is 8.07. The van der Waals surface area contributed by atoms with Gasteiger partial charge in [-0.2, -0.15) is 0 Å². The molecule has 3 aliphatic rings. The standard InChI is InChI=1S/C28H36FN3O/c1-20-11-12-25(28(33)32-15-5-8-22-7-2-3-10-26(22)32)27(30-20)23-13-16-31(17-14-23)19-21-6-4-9-24(29)18-21/h4,6,9,11-12,18,22-23,26H,2-3,5,7-8,10,13-17,19H2,1H3/t22-,26-/m0/s1. The van der Waals surface area contributed by atoms with E-state index in [1.165, 1.54) is 31.7 Å². The van der Waals surface area contributed by atoms with E-state index in [1.54, 1.807) is 12.1 Å². The van der Waals surface area contributed by atoms with Crippen LogP contribution in [0.5, 0.6) is 0 Å². The Morgan fingerprint density at radius 2 is 1.79 bits per heavy atom.